The zero-order valence-corrected chi connectivity index (χ0v) is 15.8. The van der Waals surface area contributed by atoms with Crippen LogP contribution in [0.2, 0.25) is 0 Å². The fraction of sp³-hybridized carbons (Fsp3) is 0.647. The van der Waals surface area contributed by atoms with Crippen LogP contribution in [-0.2, 0) is 13.1 Å². The minimum atomic E-state index is 0.741. The average Bonchev–Trinajstić information content (AvgIpc) is 2.41. The van der Waals surface area contributed by atoms with Crippen LogP contribution in [0.1, 0.15) is 38.3 Å². The molecule has 4 heteroatoms. The molecule has 118 valence electrons. The van der Waals surface area contributed by atoms with Crippen molar-refractivity contribution < 1.29 is 0 Å². The van der Waals surface area contributed by atoms with E-state index in [9.17, 15) is 0 Å². The number of thioether (sulfide) groups is 1. The van der Waals surface area contributed by atoms with Crippen LogP contribution in [-0.4, -0.2) is 35.0 Å². The zero-order valence-electron chi connectivity index (χ0n) is 13.4. The normalized spacial score (nSPS) is 23.4. The van der Waals surface area contributed by atoms with Crippen molar-refractivity contribution in [2.75, 3.05) is 19.6 Å². The van der Waals surface area contributed by atoms with Crippen LogP contribution in [0.3, 0.4) is 0 Å². The summed E-state index contributed by atoms with van der Waals surface area (Å²) in [6.07, 6.45) is 1.18. The number of nitrogens with zero attached hydrogens (tertiary/aromatic N) is 1. The van der Waals surface area contributed by atoms with Gasteiger partial charge in [0.2, 0.25) is 0 Å². The highest BCUT2D eigenvalue weighted by Crippen LogP contribution is 2.27. The lowest BCUT2D eigenvalue weighted by Crippen LogP contribution is -2.39. The Hall–Kier alpha value is -0.0300. The number of hydrogen-bond donors (Lipinski definition) is 1. The molecule has 0 radical (unpaired) electrons. The minimum Gasteiger partial charge on any atom is -0.313 e. The Labute approximate surface area is 142 Å². The van der Waals surface area contributed by atoms with E-state index in [1.54, 1.807) is 0 Å². The van der Waals surface area contributed by atoms with Crippen molar-refractivity contribution in [3.63, 3.8) is 0 Å². The van der Waals surface area contributed by atoms with Crippen molar-refractivity contribution in [3.8, 4) is 0 Å². The summed E-state index contributed by atoms with van der Waals surface area (Å²) in [6.45, 7) is 12.4. The van der Waals surface area contributed by atoms with Gasteiger partial charge in [0.05, 0.1) is 0 Å². The van der Waals surface area contributed by atoms with Gasteiger partial charge in [-0.15, -0.1) is 0 Å². The van der Waals surface area contributed by atoms with Gasteiger partial charge in [0, 0.05) is 41.2 Å². The van der Waals surface area contributed by atoms with Gasteiger partial charge in [-0.25, -0.2) is 0 Å². The molecule has 1 aliphatic heterocycles. The minimum absolute atomic E-state index is 0.741. The summed E-state index contributed by atoms with van der Waals surface area (Å²) in [5, 5.41) is 4.94. The van der Waals surface area contributed by atoms with Gasteiger partial charge in [0.25, 0.3) is 0 Å². The molecular weight excluding hydrogens is 344 g/mol. The number of benzene rings is 1. The van der Waals surface area contributed by atoms with Crippen LogP contribution >= 0.6 is 27.7 Å². The van der Waals surface area contributed by atoms with Gasteiger partial charge in [0.1, 0.15) is 0 Å². The molecule has 1 heterocycles. The fourth-order valence-corrected chi connectivity index (χ4v) is 4.83. The van der Waals surface area contributed by atoms with Crippen LogP contribution in [0.4, 0.5) is 0 Å². The SMILES string of the molecule is CCCNCc1ccc(CN2CC(C)SC(C)C2)c(Br)c1. The van der Waals surface area contributed by atoms with Crippen LogP contribution < -0.4 is 5.32 Å². The molecule has 2 unspecified atom stereocenters. The zero-order chi connectivity index (χ0) is 15.2. The molecule has 1 aromatic rings. The van der Waals surface area contributed by atoms with E-state index in [1.165, 1.54) is 35.1 Å². The summed E-state index contributed by atoms with van der Waals surface area (Å²) >= 11 is 5.87. The maximum Gasteiger partial charge on any atom is 0.0245 e. The summed E-state index contributed by atoms with van der Waals surface area (Å²) in [7, 11) is 0. The lowest BCUT2D eigenvalue weighted by atomic mass is 10.1. The van der Waals surface area contributed by atoms with Gasteiger partial charge in [-0.1, -0.05) is 48.8 Å². The summed E-state index contributed by atoms with van der Waals surface area (Å²) in [5.41, 5.74) is 2.76. The van der Waals surface area contributed by atoms with E-state index in [-0.39, 0.29) is 0 Å². The number of rotatable bonds is 6. The molecule has 1 N–H and O–H groups in total. The first-order valence-corrected chi connectivity index (χ1v) is 9.68. The number of halogens is 1. The molecule has 2 nitrogen and oxygen atoms in total. The van der Waals surface area contributed by atoms with E-state index in [0.29, 0.717) is 0 Å². The molecule has 2 rings (SSSR count). The summed E-state index contributed by atoms with van der Waals surface area (Å²) in [6, 6.07) is 6.81. The predicted molar refractivity (Wildman–Crippen MR) is 97.9 cm³/mol. The molecule has 0 amide bonds. The summed E-state index contributed by atoms with van der Waals surface area (Å²) < 4.78 is 1.25. The quantitative estimate of drug-likeness (QED) is 0.752. The summed E-state index contributed by atoms with van der Waals surface area (Å²) in [4.78, 5) is 2.58. The first kappa shape index (κ1) is 17.3. The second-order valence-corrected chi connectivity index (χ2v) is 8.79. The molecule has 0 spiro atoms. The highest BCUT2D eigenvalue weighted by Gasteiger charge is 2.22. The smallest absolute Gasteiger partial charge is 0.0245 e. The molecule has 0 saturated carbocycles. The number of nitrogens with one attached hydrogen (secondary N) is 1. The number of hydrogen-bond acceptors (Lipinski definition) is 3. The molecular formula is C17H27BrN2S. The van der Waals surface area contributed by atoms with Crippen LogP contribution in [0, 0.1) is 0 Å². The molecule has 1 saturated heterocycles. The van der Waals surface area contributed by atoms with E-state index in [1.807, 2.05) is 0 Å². The van der Waals surface area contributed by atoms with Crippen LogP contribution in [0.5, 0.6) is 0 Å². The highest BCUT2D eigenvalue weighted by molar-refractivity contribution is 9.10. The lowest BCUT2D eigenvalue weighted by Gasteiger charge is -2.34. The van der Waals surface area contributed by atoms with Crippen molar-refractivity contribution >= 4 is 27.7 Å². The van der Waals surface area contributed by atoms with Crippen molar-refractivity contribution in [3.05, 3.63) is 33.8 Å². The third-order valence-corrected chi connectivity index (χ3v) is 5.73. The van der Waals surface area contributed by atoms with Crippen LogP contribution in [0.15, 0.2) is 22.7 Å². The van der Waals surface area contributed by atoms with E-state index in [0.717, 1.165) is 30.1 Å². The van der Waals surface area contributed by atoms with Crippen molar-refractivity contribution in [1.82, 2.24) is 10.2 Å². The van der Waals surface area contributed by atoms with Gasteiger partial charge in [0.15, 0.2) is 0 Å². The molecule has 0 aromatic heterocycles. The Kier molecular flexibility index (Phi) is 7.06. The van der Waals surface area contributed by atoms with Gasteiger partial charge in [-0.2, -0.15) is 11.8 Å². The maximum atomic E-state index is 3.75. The molecule has 1 fully saturated rings. The third-order valence-electron chi connectivity index (χ3n) is 3.76. The third kappa shape index (κ3) is 5.59. The van der Waals surface area contributed by atoms with Gasteiger partial charge in [-0.05, 0) is 30.2 Å². The van der Waals surface area contributed by atoms with Gasteiger partial charge >= 0.3 is 0 Å². The maximum absolute atomic E-state index is 3.75. The Morgan fingerprint density at radius 3 is 2.62 bits per heavy atom. The molecule has 2 atom stereocenters. The molecule has 1 aliphatic rings. The fourth-order valence-electron chi connectivity index (χ4n) is 2.89. The van der Waals surface area contributed by atoms with E-state index >= 15 is 0 Å². The average molecular weight is 371 g/mol. The second kappa shape index (κ2) is 8.56. The standard InChI is InChI=1S/C17H27BrN2S/c1-4-7-19-9-15-5-6-16(17(18)8-15)12-20-10-13(2)21-14(3)11-20/h5-6,8,13-14,19H,4,7,9-12H2,1-3H3. The first-order chi connectivity index (χ1) is 10.1. The molecule has 21 heavy (non-hydrogen) atoms. The molecule has 0 aliphatic carbocycles. The topological polar surface area (TPSA) is 15.3 Å². The van der Waals surface area contributed by atoms with E-state index in [4.69, 9.17) is 0 Å². The Bertz CT molecular complexity index is 442. The van der Waals surface area contributed by atoms with E-state index < -0.39 is 0 Å². The monoisotopic (exact) mass is 370 g/mol. The Morgan fingerprint density at radius 1 is 1.29 bits per heavy atom. The largest absolute Gasteiger partial charge is 0.313 e. The highest BCUT2D eigenvalue weighted by atomic mass is 79.9. The molecule has 0 bridgehead atoms. The first-order valence-electron chi connectivity index (χ1n) is 7.94. The Balaban J connectivity index is 1.94. The van der Waals surface area contributed by atoms with Gasteiger partial charge < -0.3 is 5.32 Å². The van der Waals surface area contributed by atoms with Crippen LogP contribution in [0.25, 0.3) is 0 Å². The van der Waals surface area contributed by atoms with E-state index in [2.05, 4.69) is 76.9 Å². The Morgan fingerprint density at radius 2 is 2.00 bits per heavy atom. The van der Waals surface area contributed by atoms with Crippen molar-refractivity contribution in [2.45, 2.75) is 50.8 Å². The lowest BCUT2D eigenvalue weighted by molar-refractivity contribution is 0.262. The second-order valence-electron chi connectivity index (χ2n) is 6.05. The van der Waals surface area contributed by atoms with Crippen molar-refractivity contribution in [2.24, 2.45) is 0 Å². The van der Waals surface area contributed by atoms with Crippen molar-refractivity contribution in [1.29, 1.82) is 0 Å². The predicted octanol–water partition coefficient (Wildman–Crippen LogP) is 4.27. The summed E-state index contributed by atoms with van der Waals surface area (Å²) in [5.74, 6) is 0. The van der Waals surface area contributed by atoms with Gasteiger partial charge in [-0.3, -0.25) is 4.90 Å². The molecule has 1 aromatic carbocycles.